The smallest absolute Gasteiger partial charge is 0.157 e. The zero-order valence-electron chi connectivity index (χ0n) is 6.42. The second-order valence-corrected chi connectivity index (χ2v) is 2.45. The molecule has 0 fully saturated rings. The molecule has 0 aromatic carbocycles. The van der Waals surface area contributed by atoms with Gasteiger partial charge in [0.15, 0.2) is 11.0 Å². The first-order chi connectivity index (χ1) is 5.75. The van der Waals surface area contributed by atoms with Crippen molar-refractivity contribution >= 4 is 23.1 Å². The largest absolute Gasteiger partial charge is 0.382 e. The Balaban J connectivity index is 2.88. The lowest BCUT2D eigenvalue weighted by atomic mass is 10.4. The quantitative estimate of drug-likeness (QED) is 0.549. The molecule has 0 spiro atoms. The predicted molar refractivity (Wildman–Crippen MR) is 50.1 cm³/mol. The summed E-state index contributed by atoms with van der Waals surface area (Å²) in [5, 5.41) is 3.25. The van der Waals surface area contributed by atoms with E-state index in [1.807, 2.05) is 0 Å². The molecule has 1 heterocycles. The molecule has 0 aliphatic rings. The van der Waals surface area contributed by atoms with Crippen LogP contribution >= 0.6 is 11.6 Å². The highest BCUT2D eigenvalue weighted by atomic mass is 35.5. The Bertz CT molecular complexity index is 266. The van der Waals surface area contributed by atoms with Crippen LogP contribution in [-0.2, 0) is 0 Å². The van der Waals surface area contributed by atoms with Gasteiger partial charge in [-0.15, -0.1) is 6.58 Å². The Morgan fingerprint density at radius 3 is 3.00 bits per heavy atom. The number of anilines is 2. The molecule has 1 aromatic heterocycles. The van der Waals surface area contributed by atoms with Crippen LogP contribution in [0.15, 0.2) is 19.0 Å². The van der Waals surface area contributed by atoms with Crippen molar-refractivity contribution in [3.05, 3.63) is 24.1 Å². The summed E-state index contributed by atoms with van der Waals surface area (Å²) in [6.07, 6.45) is 3.01. The van der Waals surface area contributed by atoms with Crippen molar-refractivity contribution < 1.29 is 0 Å². The molecule has 0 atom stereocenters. The number of nitrogen functional groups attached to an aromatic ring is 1. The molecule has 3 N–H and O–H groups in total. The van der Waals surface area contributed by atoms with Gasteiger partial charge in [-0.1, -0.05) is 17.7 Å². The second kappa shape index (κ2) is 3.92. The summed E-state index contributed by atoms with van der Waals surface area (Å²) in [7, 11) is 0. The summed E-state index contributed by atoms with van der Waals surface area (Å²) in [5.74, 6) is 0.344. The zero-order chi connectivity index (χ0) is 8.97. The normalized spacial score (nSPS) is 9.42. The first-order valence-electron chi connectivity index (χ1n) is 3.36. The van der Waals surface area contributed by atoms with E-state index < -0.39 is 0 Å². The summed E-state index contributed by atoms with van der Waals surface area (Å²) >= 11 is 5.74. The molecule has 1 aromatic rings. The lowest BCUT2D eigenvalue weighted by molar-refractivity contribution is 1.16. The fourth-order valence-corrected chi connectivity index (χ4v) is 0.922. The SMILES string of the molecule is C=CCNc1c(N)ncnc1Cl. The molecule has 0 aliphatic heterocycles. The minimum atomic E-state index is 0.323. The first kappa shape index (κ1) is 8.80. The van der Waals surface area contributed by atoms with Gasteiger partial charge >= 0.3 is 0 Å². The molecule has 0 unspecified atom stereocenters. The van der Waals surface area contributed by atoms with Gasteiger partial charge in [0.2, 0.25) is 0 Å². The van der Waals surface area contributed by atoms with Gasteiger partial charge in [-0.3, -0.25) is 0 Å². The van der Waals surface area contributed by atoms with Crippen molar-refractivity contribution in [3.63, 3.8) is 0 Å². The summed E-state index contributed by atoms with van der Waals surface area (Å²) in [5.41, 5.74) is 6.08. The highest BCUT2D eigenvalue weighted by Crippen LogP contribution is 2.22. The Morgan fingerprint density at radius 1 is 1.67 bits per heavy atom. The van der Waals surface area contributed by atoms with Crippen molar-refractivity contribution in [1.29, 1.82) is 0 Å². The molecule has 0 radical (unpaired) electrons. The van der Waals surface area contributed by atoms with Crippen molar-refractivity contribution in [2.24, 2.45) is 0 Å². The van der Waals surface area contributed by atoms with Gasteiger partial charge in [-0.25, -0.2) is 9.97 Å². The van der Waals surface area contributed by atoms with Gasteiger partial charge in [0.25, 0.3) is 0 Å². The van der Waals surface area contributed by atoms with Gasteiger partial charge in [-0.05, 0) is 0 Å². The molecule has 64 valence electrons. The highest BCUT2D eigenvalue weighted by Gasteiger charge is 2.04. The fraction of sp³-hybridized carbons (Fsp3) is 0.143. The van der Waals surface area contributed by atoms with Crippen molar-refractivity contribution in [3.8, 4) is 0 Å². The van der Waals surface area contributed by atoms with E-state index in [1.165, 1.54) is 6.33 Å². The fourth-order valence-electron chi connectivity index (χ4n) is 0.714. The summed E-state index contributed by atoms with van der Waals surface area (Å²) in [4.78, 5) is 7.55. The number of nitrogens with two attached hydrogens (primary N) is 1. The number of nitrogens with one attached hydrogen (secondary N) is 1. The Labute approximate surface area is 75.5 Å². The van der Waals surface area contributed by atoms with E-state index in [-0.39, 0.29) is 0 Å². The predicted octanol–water partition coefficient (Wildman–Crippen LogP) is 1.31. The number of hydrogen-bond acceptors (Lipinski definition) is 4. The van der Waals surface area contributed by atoms with Gasteiger partial charge < -0.3 is 11.1 Å². The van der Waals surface area contributed by atoms with Crippen LogP contribution in [0.1, 0.15) is 0 Å². The molecule has 12 heavy (non-hydrogen) atoms. The van der Waals surface area contributed by atoms with Crippen molar-refractivity contribution in [1.82, 2.24) is 9.97 Å². The Hall–Kier alpha value is -1.29. The Morgan fingerprint density at radius 2 is 2.42 bits per heavy atom. The van der Waals surface area contributed by atoms with E-state index in [4.69, 9.17) is 17.3 Å². The number of halogens is 1. The van der Waals surface area contributed by atoms with Crippen LogP contribution in [0.2, 0.25) is 5.15 Å². The van der Waals surface area contributed by atoms with E-state index >= 15 is 0 Å². The number of aromatic nitrogens is 2. The molecule has 0 saturated heterocycles. The highest BCUT2D eigenvalue weighted by molar-refractivity contribution is 6.32. The van der Waals surface area contributed by atoms with Gasteiger partial charge in [0, 0.05) is 6.54 Å². The molecule has 0 amide bonds. The topological polar surface area (TPSA) is 63.8 Å². The molecule has 1 rings (SSSR count). The van der Waals surface area contributed by atoms with Crippen LogP contribution in [0.5, 0.6) is 0 Å². The van der Waals surface area contributed by atoms with Crippen LogP contribution in [0.3, 0.4) is 0 Å². The molecular weight excluding hydrogens is 176 g/mol. The molecule has 0 saturated carbocycles. The number of rotatable bonds is 3. The average molecular weight is 185 g/mol. The Kier molecular flexibility index (Phi) is 2.88. The third-order valence-corrected chi connectivity index (χ3v) is 1.54. The average Bonchev–Trinajstić information content (AvgIpc) is 2.04. The van der Waals surface area contributed by atoms with Crippen LogP contribution < -0.4 is 11.1 Å². The zero-order valence-corrected chi connectivity index (χ0v) is 7.17. The monoisotopic (exact) mass is 184 g/mol. The maximum absolute atomic E-state index is 5.74. The molecule has 0 aliphatic carbocycles. The van der Waals surface area contributed by atoms with Gasteiger partial charge in [0.05, 0.1) is 0 Å². The minimum Gasteiger partial charge on any atom is -0.382 e. The van der Waals surface area contributed by atoms with E-state index in [2.05, 4.69) is 21.9 Å². The van der Waals surface area contributed by atoms with Crippen LogP contribution in [-0.4, -0.2) is 16.5 Å². The molecule has 5 heteroatoms. The van der Waals surface area contributed by atoms with Crippen LogP contribution in [0.25, 0.3) is 0 Å². The number of hydrogen-bond donors (Lipinski definition) is 2. The maximum atomic E-state index is 5.74. The molecular formula is C7H9ClN4. The standard InChI is InChI=1S/C7H9ClN4/c1-2-3-10-5-6(8)11-4-12-7(5)9/h2,4,10H,1,3H2,(H2,9,11,12). The summed E-state index contributed by atoms with van der Waals surface area (Å²) in [6.45, 7) is 4.13. The van der Waals surface area contributed by atoms with E-state index in [1.54, 1.807) is 6.08 Å². The molecule has 0 bridgehead atoms. The minimum absolute atomic E-state index is 0.323. The van der Waals surface area contributed by atoms with Gasteiger partial charge in [0.1, 0.15) is 12.0 Å². The second-order valence-electron chi connectivity index (χ2n) is 2.09. The van der Waals surface area contributed by atoms with Gasteiger partial charge in [-0.2, -0.15) is 0 Å². The van der Waals surface area contributed by atoms with Crippen molar-refractivity contribution in [2.75, 3.05) is 17.6 Å². The van der Waals surface area contributed by atoms with Crippen LogP contribution in [0, 0.1) is 0 Å². The first-order valence-corrected chi connectivity index (χ1v) is 3.74. The third-order valence-electron chi connectivity index (χ3n) is 1.25. The van der Waals surface area contributed by atoms with Crippen molar-refractivity contribution in [2.45, 2.75) is 0 Å². The third kappa shape index (κ3) is 1.85. The maximum Gasteiger partial charge on any atom is 0.157 e. The van der Waals surface area contributed by atoms with E-state index in [0.717, 1.165) is 0 Å². The van der Waals surface area contributed by atoms with E-state index in [0.29, 0.717) is 23.2 Å². The summed E-state index contributed by atoms with van der Waals surface area (Å²) in [6, 6.07) is 0. The van der Waals surface area contributed by atoms with E-state index in [9.17, 15) is 0 Å². The summed E-state index contributed by atoms with van der Waals surface area (Å²) < 4.78 is 0. The lowest BCUT2D eigenvalue weighted by Crippen LogP contribution is -2.04. The lowest BCUT2D eigenvalue weighted by Gasteiger charge is -2.06. The number of nitrogens with zero attached hydrogens (tertiary/aromatic N) is 2. The molecule has 4 nitrogen and oxygen atoms in total. The van der Waals surface area contributed by atoms with Crippen LogP contribution in [0.4, 0.5) is 11.5 Å².